The van der Waals surface area contributed by atoms with Crippen LogP contribution in [0.4, 0.5) is 13.2 Å². The number of ether oxygens (including phenoxy) is 1. The summed E-state index contributed by atoms with van der Waals surface area (Å²) in [6, 6.07) is 14.5. The van der Waals surface area contributed by atoms with Crippen molar-refractivity contribution in [2.45, 2.75) is 25.9 Å². The molecule has 0 saturated carbocycles. The molecule has 0 aliphatic carbocycles. The van der Waals surface area contributed by atoms with Gasteiger partial charge in [0.25, 0.3) is 0 Å². The number of dihydropyridines is 1. The fourth-order valence-electron chi connectivity index (χ4n) is 3.69. The molecule has 3 nitrogen and oxygen atoms in total. The van der Waals surface area contributed by atoms with Gasteiger partial charge in [0.05, 0.1) is 18.2 Å². The van der Waals surface area contributed by atoms with Crippen molar-refractivity contribution in [2.24, 2.45) is 0 Å². The van der Waals surface area contributed by atoms with E-state index in [1.54, 1.807) is 19.9 Å². The second-order valence-electron chi connectivity index (χ2n) is 6.58. The minimum atomic E-state index is -4.55. The Hall–Kier alpha value is -3.02. The molecule has 1 atom stereocenters. The van der Waals surface area contributed by atoms with Crippen LogP contribution in [0.5, 0.6) is 0 Å². The summed E-state index contributed by atoms with van der Waals surface area (Å²) in [5.41, 5.74) is 1.95. The highest BCUT2D eigenvalue weighted by molar-refractivity contribution is 5.97. The van der Waals surface area contributed by atoms with Gasteiger partial charge in [0.1, 0.15) is 0 Å². The topological polar surface area (TPSA) is 38.3 Å². The van der Waals surface area contributed by atoms with Gasteiger partial charge in [-0.15, -0.1) is 0 Å². The van der Waals surface area contributed by atoms with Gasteiger partial charge in [-0.3, -0.25) is 0 Å². The number of carbonyl (C=O) groups is 1. The van der Waals surface area contributed by atoms with Gasteiger partial charge >= 0.3 is 12.1 Å². The second kappa shape index (κ2) is 7.54. The number of rotatable bonds is 3. The molecule has 3 rings (SSSR count). The molecule has 0 aromatic heterocycles. The monoisotopic (exact) mass is 387 g/mol. The Balaban J connectivity index is 2.33. The summed E-state index contributed by atoms with van der Waals surface area (Å²) >= 11 is 0. The lowest BCUT2D eigenvalue weighted by Crippen LogP contribution is -2.29. The van der Waals surface area contributed by atoms with Crippen molar-refractivity contribution in [2.75, 3.05) is 7.11 Å². The molecule has 0 saturated heterocycles. The summed E-state index contributed by atoms with van der Waals surface area (Å²) in [5.74, 6) is -1.57. The van der Waals surface area contributed by atoms with Crippen molar-refractivity contribution in [3.63, 3.8) is 0 Å². The number of hydrogen-bond acceptors (Lipinski definition) is 3. The van der Waals surface area contributed by atoms with E-state index >= 15 is 0 Å². The smallest absolute Gasteiger partial charge is 0.416 e. The third kappa shape index (κ3) is 3.54. The van der Waals surface area contributed by atoms with E-state index in [-0.39, 0.29) is 11.1 Å². The Labute approximate surface area is 161 Å². The highest BCUT2D eigenvalue weighted by Gasteiger charge is 2.41. The summed E-state index contributed by atoms with van der Waals surface area (Å²) in [7, 11) is 1.22. The minimum absolute atomic E-state index is 0.0226. The molecule has 2 aromatic rings. The molecule has 1 aliphatic rings. The summed E-state index contributed by atoms with van der Waals surface area (Å²) in [5, 5.41) is 3.13. The van der Waals surface area contributed by atoms with Crippen LogP contribution < -0.4 is 5.32 Å². The predicted octanol–water partition coefficient (Wildman–Crippen LogP) is 5.27. The van der Waals surface area contributed by atoms with Gasteiger partial charge in [-0.25, -0.2) is 4.79 Å². The standard InChI is InChI=1S/C22H20F3NO2/c1-13-18(15-9-5-4-6-10-15)20(19(14(2)26-13)21(27)28-3)16-11-7-8-12-17(16)22(23,24)25/h4-12,20,26H,1-3H3. The summed E-state index contributed by atoms with van der Waals surface area (Å²) in [4.78, 5) is 12.6. The molecular weight excluding hydrogens is 367 g/mol. The highest BCUT2D eigenvalue weighted by atomic mass is 19.4. The minimum Gasteiger partial charge on any atom is -0.466 e. The van der Waals surface area contributed by atoms with Crippen LogP contribution in [-0.4, -0.2) is 13.1 Å². The Morgan fingerprint density at radius 3 is 2.18 bits per heavy atom. The number of esters is 1. The maximum atomic E-state index is 13.8. The van der Waals surface area contributed by atoms with Crippen molar-refractivity contribution in [3.8, 4) is 0 Å². The van der Waals surface area contributed by atoms with Crippen LogP contribution in [0.25, 0.3) is 5.57 Å². The number of benzene rings is 2. The maximum absolute atomic E-state index is 13.8. The molecule has 2 aromatic carbocycles. The van der Waals surface area contributed by atoms with E-state index < -0.39 is 23.6 Å². The van der Waals surface area contributed by atoms with E-state index in [2.05, 4.69) is 5.32 Å². The average molecular weight is 387 g/mol. The average Bonchev–Trinajstić information content (AvgIpc) is 2.67. The Morgan fingerprint density at radius 2 is 1.57 bits per heavy atom. The van der Waals surface area contributed by atoms with Crippen molar-refractivity contribution < 1.29 is 22.7 Å². The van der Waals surface area contributed by atoms with Crippen LogP contribution in [0.15, 0.2) is 71.6 Å². The lowest BCUT2D eigenvalue weighted by molar-refractivity contribution is -0.139. The molecule has 28 heavy (non-hydrogen) atoms. The number of nitrogens with one attached hydrogen (secondary N) is 1. The lowest BCUT2D eigenvalue weighted by atomic mass is 9.76. The number of allylic oxidation sites excluding steroid dienone is 3. The molecule has 1 heterocycles. The summed E-state index contributed by atoms with van der Waals surface area (Å²) in [6.45, 7) is 3.46. The maximum Gasteiger partial charge on any atom is 0.416 e. The highest BCUT2D eigenvalue weighted by Crippen LogP contribution is 2.47. The quantitative estimate of drug-likeness (QED) is 0.729. The van der Waals surface area contributed by atoms with Crippen LogP contribution >= 0.6 is 0 Å². The van der Waals surface area contributed by atoms with E-state index in [4.69, 9.17) is 4.74 Å². The zero-order valence-corrected chi connectivity index (χ0v) is 15.7. The van der Waals surface area contributed by atoms with Gasteiger partial charge in [0.15, 0.2) is 0 Å². The first-order chi connectivity index (χ1) is 13.3. The first-order valence-electron chi connectivity index (χ1n) is 8.74. The molecule has 146 valence electrons. The fraction of sp³-hybridized carbons (Fsp3) is 0.227. The first kappa shape index (κ1) is 19.7. The van der Waals surface area contributed by atoms with Crippen molar-refractivity contribution >= 4 is 11.5 Å². The van der Waals surface area contributed by atoms with Crippen molar-refractivity contribution in [1.82, 2.24) is 5.32 Å². The van der Waals surface area contributed by atoms with E-state index in [1.165, 1.54) is 19.2 Å². The van der Waals surface area contributed by atoms with E-state index in [0.717, 1.165) is 11.6 Å². The van der Waals surface area contributed by atoms with Gasteiger partial charge in [-0.1, -0.05) is 48.5 Å². The molecule has 0 fully saturated rings. The molecule has 0 amide bonds. The van der Waals surface area contributed by atoms with E-state index in [1.807, 2.05) is 30.3 Å². The summed E-state index contributed by atoms with van der Waals surface area (Å²) in [6.07, 6.45) is -4.55. The zero-order valence-electron chi connectivity index (χ0n) is 15.7. The normalized spacial score (nSPS) is 17.4. The largest absolute Gasteiger partial charge is 0.466 e. The van der Waals surface area contributed by atoms with Crippen molar-refractivity contribution in [1.29, 1.82) is 0 Å². The van der Waals surface area contributed by atoms with Crippen LogP contribution in [0.3, 0.4) is 0 Å². The van der Waals surface area contributed by atoms with Crippen LogP contribution in [-0.2, 0) is 15.7 Å². The number of methoxy groups -OCH3 is 1. The Kier molecular flexibility index (Phi) is 5.31. The van der Waals surface area contributed by atoms with Gasteiger partial charge in [-0.05, 0) is 36.6 Å². The van der Waals surface area contributed by atoms with Crippen LogP contribution in [0.1, 0.15) is 36.5 Å². The molecule has 1 unspecified atom stereocenters. The van der Waals surface area contributed by atoms with Gasteiger partial charge in [0, 0.05) is 17.3 Å². The Morgan fingerprint density at radius 1 is 0.964 bits per heavy atom. The van der Waals surface area contributed by atoms with Crippen LogP contribution in [0.2, 0.25) is 0 Å². The molecule has 0 spiro atoms. The van der Waals surface area contributed by atoms with Crippen LogP contribution in [0, 0.1) is 0 Å². The molecule has 1 aliphatic heterocycles. The second-order valence-corrected chi connectivity index (χ2v) is 6.58. The first-order valence-corrected chi connectivity index (χ1v) is 8.74. The lowest BCUT2D eigenvalue weighted by Gasteiger charge is -2.33. The van der Waals surface area contributed by atoms with E-state index in [0.29, 0.717) is 17.0 Å². The van der Waals surface area contributed by atoms with Gasteiger partial charge in [0.2, 0.25) is 0 Å². The van der Waals surface area contributed by atoms with Gasteiger partial charge in [-0.2, -0.15) is 13.2 Å². The number of halogens is 3. The Bertz CT molecular complexity index is 959. The number of alkyl halides is 3. The molecule has 0 radical (unpaired) electrons. The van der Waals surface area contributed by atoms with E-state index in [9.17, 15) is 18.0 Å². The number of hydrogen-bond donors (Lipinski definition) is 1. The number of carbonyl (C=O) groups excluding carboxylic acids is 1. The third-order valence-corrected chi connectivity index (χ3v) is 4.83. The predicted molar refractivity (Wildman–Crippen MR) is 101 cm³/mol. The fourth-order valence-corrected chi connectivity index (χ4v) is 3.69. The molecule has 6 heteroatoms. The third-order valence-electron chi connectivity index (χ3n) is 4.83. The van der Waals surface area contributed by atoms with Crippen molar-refractivity contribution in [3.05, 3.63) is 88.3 Å². The summed E-state index contributed by atoms with van der Waals surface area (Å²) < 4.78 is 46.2. The van der Waals surface area contributed by atoms with Gasteiger partial charge < -0.3 is 10.1 Å². The molecule has 0 bridgehead atoms. The SMILES string of the molecule is COC(=O)C1=C(C)NC(C)=C(c2ccccc2)C1c1ccccc1C(F)(F)F. The zero-order chi connectivity index (χ0) is 20.5. The molecule has 1 N–H and O–H groups in total. The molecular formula is C22H20F3NO2.